The number of carboxylic acids is 1. The molecule has 14 heteroatoms. The average Bonchev–Trinajstić information content (AvgIpc) is 3.20. The van der Waals surface area contributed by atoms with Gasteiger partial charge in [0.25, 0.3) is 5.91 Å². The Labute approximate surface area is 193 Å². The number of amides is 2. The third kappa shape index (κ3) is 4.42. The van der Waals surface area contributed by atoms with E-state index in [0.29, 0.717) is 27.1 Å². The zero-order chi connectivity index (χ0) is 22.8. The zero-order valence-electron chi connectivity index (χ0n) is 16.7. The highest BCUT2D eigenvalue weighted by Crippen LogP contribution is 2.41. The zero-order valence-corrected chi connectivity index (χ0v) is 19.2. The summed E-state index contributed by atoms with van der Waals surface area (Å²) in [6.45, 7) is 0. The third-order valence-electron chi connectivity index (χ3n) is 4.79. The van der Waals surface area contributed by atoms with Gasteiger partial charge in [0.15, 0.2) is 0 Å². The van der Waals surface area contributed by atoms with Crippen molar-refractivity contribution < 1.29 is 23.7 Å². The SMILES string of the molecule is Cn1nnnc1SCC1=C(C(=O)O)N2C(=O)C(NC(=O)CS(=O)c3ccccc3)[C@H]2SC1. The Morgan fingerprint density at radius 2 is 2.09 bits per heavy atom. The molecule has 2 aliphatic rings. The summed E-state index contributed by atoms with van der Waals surface area (Å²) in [6.07, 6.45) is 0. The molecule has 2 N–H and O–H groups in total. The Balaban J connectivity index is 1.41. The first kappa shape index (κ1) is 22.5. The summed E-state index contributed by atoms with van der Waals surface area (Å²) >= 11 is 2.65. The molecular formula is C18H18N6O5S3. The molecule has 32 heavy (non-hydrogen) atoms. The first-order valence-electron chi connectivity index (χ1n) is 9.34. The topological polar surface area (TPSA) is 147 Å². The van der Waals surface area contributed by atoms with Crippen LogP contribution in [0.25, 0.3) is 0 Å². The van der Waals surface area contributed by atoms with Crippen LogP contribution in [0.3, 0.4) is 0 Å². The van der Waals surface area contributed by atoms with Crippen LogP contribution in [-0.2, 0) is 32.2 Å². The van der Waals surface area contributed by atoms with Gasteiger partial charge in [0.1, 0.15) is 22.9 Å². The van der Waals surface area contributed by atoms with Crippen LogP contribution in [0.5, 0.6) is 0 Å². The van der Waals surface area contributed by atoms with E-state index in [9.17, 15) is 23.7 Å². The minimum atomic E-state index is -1.54. The number of hydrogen-bond donors (Lipinski definition) is 2. The molecule has 0 spiro atoms. The second kappa shape index (κ2) is 9.42. The maximum absolute atomic E-state index is 12.7. The molecule has 0 aliphatic carbocycles. The van der Waals surface area contributed by atoms with Gasteiger partial charge in [-0.05, 0) is 28.1 Å². The van der Waals surface area contributed by atoms with Crippen LogP contribution in [0.2, 0.25) is 0 Å². The van der Waals surface area contributed by atoms with Gasteiger partial charge in [-0.15, -0.1) is 16.9 Å². The average molecular weight is 495 g/mol. The number of aliphatic carboxylic acids is 1. The molecule has 0 bridgehead atoms. The Morgan fingerprint density at radius 3 is 2.75 bits per heavy atom. The first-order chi connectivity index (χ1) is 15.4. The van der Waals surface area contributed by atoms with Gasteiger partial charge in [0.2, 0.25) is 11.1 Å². The molecule has 1 aromatic carbocycles. The summed E-state index contributed by atoms with van der Waals surface area (Å²) in [5.41, 5.74) is 0.509. The van der Waals surface area contributed by atoms with Gasteiger partial charge in [-0.2, -0.15) is 0 Å². The van der Waals surface area contributed by atoms with Crippen molar-refractivity contribution in [2.45, 2.75) is 21.5 Å². The normalized spacial score (nSPS) is 21.0. The van der Waals surface area contributed by atoms with Crippen LogP contribution in [0.4, 0.5) is 0 Å². The highest BCUT2D eigenvalue weighted by molar-refractivity contribution is 8.01. The molecule has 2 aromatic rings. The van der Waals surface area contributed by atoms with Gasteiger partial charge in [-0.3, -0.25) is 18.7 Å². The predicted molar refractivity (Wildman–Crippen MR) is 117 cm³/mol. The second-order valence-electron chi connectivity index (χ2n) is 6.89. The number of nitrogens with one attached hydrogen (secondary N) is 1. The molecule has 2 amide bonds. The lowest BCUT2D eigenvalue weighted by Crippen LogP contribution is -2.70. The third-order valence-corrected chi connectivity index (χ3v) is 8.55. The van der Waals surface area contributed by atoms with Crippen molar-refractivity contribution in [3.05, 3.63) is 41.6 Å². The molecule has 2 unspecified atom stereocenters. The smallest absolute Gasteiger partial charge is 0.352 e. The van der Waals surface area contributed by atoms with Gasteiger partial charge in [-0.1, -0.05) is 30.0 Å². The van der Waals surface area contributed by atoms with Crippen LogP contribution < -0.4 is 5.32 Å². The van der Waals surface area contributed by atoms with E-state index in [1.807, 2.05) is 0 Å². The summed E-state index contributed by atoms with van der Waals surface area (Å²) < 4.78 is 13.8. The van der Waals surface area contributed by atoms with Crippen LogP contribution in [0.1, 0.15) is 0 Å². The summed E-state index contributed by atoms with van der Waals surface area (Å²) in [4.78, 5) is 38.7. The van der Waals surface area contributed by atoms with Gasteiger partial charge in [0.05, 0.1) is 10.8 Å². The quantitative estimate of drug-likeness (QED) is 0.375. The van der Waals surface area contributed by atoms with Gasteiger partial charge in [0, 0.05) is 23.4 Å². The number of β-lactam (4-membered cyclic amide) rings is 1. The summed E-state index contributed by atoms with van der Waals surface area (Å²) in [7, 11) is 0.142. The number of hydrogen-bond acceptors (Lipinski definition) is 9. The Morgan fingerprint density at radius 1 is 1.34 bits per heavy atom. The molecule has 3 atom stereocenters. The molecule has 0 radical (unpaired) electrons. The molecule has 2 aliphatic heterocycles. The fourth-order valence-corrected chi connectivity index (χ4v) is 6.56. The monoisotopic (exact) mass is 494 g/mol. The molecule has 4 rings (SSSR count). The number of rotatable bonds is 8. The molecule has 1 saturated heterocycles. The van der Waals surface area contributed by atoms with E-state index in [0.717, 1.165) is 0 Å². The fourth-order valence-electron chi connectivity index (χ4n) is 3.28. The summed E-state index contributed by atoms with van der Waals surface area (Å²) in [5.74, 6) is -1.81. The van der Waals surface area contributed by atoms with Crippen molar-refractivity contribution in [1.82, 2.24) is 30.4 Å². The van der Waals surface area contributed by atoms with E-state index in [2.05, 4.69) is 20.8 Å². The lowest BCUT2D eigenvalue weighted by molar-refractivity contribution is -0.150. The number of benzene rings is 1. The number of carbonyl (C=O) groups is 3. The van der Waals surface area contributed by atoms with Crippen LogP contribution >= 0.6 is 23.5 Å². The Kier molecular flexibility index (Phi) is 6.62. The number of tetrazole rings is 1. The molecule has 1 fully saturated rings. The highest BCUT2D eigenvalue weighted by Gasteiger charge is 2.54. The number of aromatic nitrogens is 4. The molecule has 11 nitrogen and oxygen atoms in total. The van der Waals surface area contributed by atoms with Gasteiger partial charge < -0.3 is 10.4 Å². The van der Waals surface area contributed by atoms with Crippen molar-refractivity contribution in [3.63, 3.8) is 0 Å². The maximum Gasteiger partial charge on any atom is 0.352 e. The number of nitrogens with zero attached hydrogens (tertiary/aromatic N) is 5. The number of thioether (sulfide) groups is 2. The second-order valence-corrected chi connectivity index (χ2v) is 10.4. The van der Waals surface area contributed by atoms with Crippen LogP contribution in [-0.4, -0.2) is 80.9 Å². The van der Waals surface area contributed by atoms with E-state index in [1.165, 1.54) is 33.1 Å². The summed E-state index contributed by atoms with van der Waals surface area (Å²) in [6, 6.07) is 7.72. The minimum Gasteiger partial charge on any atom is -0.477 e. The lowest BCUT2D eigenvalue weighted by atomic mass is 10.0. The molecule has 168 valence electrons. The largest absolute Gasteiger partial charge is 0.477 e. The minimum absolute atomic E-state index is 0.0697. The summed E-state index contributed by atoms with van der Waals surface area (Å²) in [5, 5.41) is 23.5. The molecular weight excluding hydrogens is 476 g/mol. The molecule has 3 heterocycles. The molecule has 1 aromatic heterocycles. The van der Waals surface area contributed by atoms with Crippen molar-refractivity contribution >= 4 is 52.1 Å². The van der Waals surface area contributed by atoms with E-state index in [-0.39, 0.29) is 11.4 Å². The van der Waals surface area contributed by atoms with E-state index >= 15 is 0 Å². The van der Waals surface area contributed by atoms with Crippen molar-refractivity contribution in [2.24, 2.45) is 7.05 Å². The highest BCUT2D eigenvalue weighted by atomic mass is 32.2. The number of carbonyl (C=O) groups excluding carboxylic acids is 2. The number of aryl methyl sites for hydroxylation is 1. The Bertz CT molecular complexity index is 1120. The molecule has 0 saturated carbocycles. The van der Waals surface area contributed by atoms with Crippen LogP contribution in [0, 0.1) is 0 Å². The Hall–Kier alpha value is -2.71. The van der Waals surface area contributed by atoms with E-state index in [4.69, 9.17) is 0 Å². The maximum atomic E-state index is 12.7. The standard InChI is InChI=1S/C18H18N6O5S3/c1-23-18(20-21-22-23)31-8-10-7-30-16-13(15(26)24(16)14(10)17(27)28)19-12(25)9-32(29)11-5-3-2-4-6-11/h2-6,13,16H,7-9H2,1H3,(H,19,25)(H,27,28)/t13?,16-,32?/m1/s1. The van der Waals surface area contributed by atoms with Crippen LogP contribution in [0.15, 0.2) is 51.7 Å². The van der Waals surface area contributed by atoms with Gasteiger partial charge in [-0.25, -0.2) is 9.48 Å². The number of carboxylic acid groups (broad SMARTS) is 1. The van der Waals surface area contributed by atoms with Crippen molar-refractivity contribution in [3.8, 4) is 0 Å². The van der Waals surface area contributed by atoms with Gasteiger partial charge >= 0.3 is 5.97 Å². The van der Waals surface area contributed by atoms with Crippen molar-refractivity contribution in [1.29, 1.82) is 0 Å². The predicted octanol–water partition coefficient (Wildman–Crippen LogP) is -0.151. The fraction of sp³-hybridized carbons (Fsp3) is 0.333. The first-order valence-corrected chi connectivity index (χ1v) is 12.7. The number of fused-ring (bicyclic) bond motifs is 1. The lowest BCUT2D eigenvalue weighted by Gasteiger charge is -2.49. The van der Waals surface area contributed by atoms with Crippen molar-refractivity contribution in [2.75, 3.05) is 17.3 Å². The van der Waals surface area contributed by atoms with E-state index < -0.39 is 40.0 Å². The van der Waals surface area contributed by atoms with E-state index in [1.54, 1.807) is 37.4 Å².